The van der Waals surface area contributed by atoms with Crippen molar-refractivity contribution >= 4 is 52.3 Å². The van der Waals surface area contributed by atoms with Crippen LogP contribution in [0.4, 0.5) is 0 Å². The van der Waals surface area contributed by atoms with Crippen molar-refractivity contribution in [1.82, 2.24) is 20.5 Å². The van der Waals surface area contributed by atoms with Gasteiger partial charge in [0, 0.05) is 30.2 Å². The van der Waals surface area contributed by atoms with E-state index >= 15 is 0 Å². The molecule has 41 heavy (non-hydrogen) atoms. The Morgan fingerprint density at radius 2 is 1.93 bits per heavy atom. The number of H-pyrrole nitrogens is 1. The van der Waals surface area contributed by atoms with Crippen molar-refractivity contribution in [3.8, 4) is 0 Å². The molecule has 1 saturated heterocycles. The van der Waals surface area contributed by atoms with Gasteiger partial charge >= 0.3 is 5.97 Å². The zero-order valence-corrected chi connectivity index (χ0v) is 24.0. The number of carbonyl (C=O) groups is 4. The Labute approximate surface area is 243 Å². The van der Waals surface area contributed by atoms with E-state index in [1.54, 1.807) is 0 Å². The van der Waals surface area contributed by atoms with E-state index in [4.69, 9.17) is 17.2 Å². The Kier molecular flexibility index (Phi) is 11.8. The number of guanidine groups is 1. The lowest BCUT2D eigenvalue weighted by atomic mass is 10.0. The molecular formula is C27H40N8O5S. The van der Waals surface area contributed by atoms with Crippen LogP contribution in [0.5, 0.6) is 0 Å². The molecule has 14 heteroatoms. The summed E-state index contributed by atoms with van der Waals surface area (Å²) in [5, 5.41) is 15.8. The summed E-state index contributed by atoms with van der Waals surface area (Å²) < 4.78 is 0. The maximum Gasteiger partial charge on any atom is 0.326 e. The number of carbonyl (C=O) groups excluding carboxylic acids is 3. The summed E-state index contributed by atoms with van der Waals surface area (Å²) in [6.45, 7) is 0.560. The van der Waals surface area contributed by atoms with E-state index in [1.807, 2.05) is 36.7 Å². The number of likely N-dealkylation sites (tertiary alicyclic amines) is 1. The van der Waals surface area contributed by atoms with Crippen LogP contribution in [-0.4, -0.2) is 93.9 Å². The summed E-state index contributed by atoms with van der Waals surface area (Å²) in [5.41, 5.74) is 18.9. The van der Waals surface area contributed by atoms with Crippen LogP contribution in [0.1, 0.15) is 37.7 Å². The van der Waals surface area contributed by atoms with Crippen molar-refractivity contribution in [3.63, 3.8) is 0 Å². The topological polar surface area (TPSA) is 222 Å². The quantitative estimate of drug-likeness (QED) is 0.0836. The first-order valence-corrected chi connectivity index (χ1v) is 15.0. The van der Waals surface area contributed by atoms with Crippen molar-refractivity contribution in [2.45, 2.75) is 62.7 Å². The third-order valence-corrected chi connectivity index (χ3v) is 7.72. The molecule has 4 atom stereocenters. The number of benzene rings is 1. The van der Waals surface area contributed by atoms with Crippen LogP contribution in [-0.2, 0) is 25.6 Å². The second-order valence-electron chi connectivity index (χ2n) is 10.1. The molecule has 2 aromatic rings. The first-order chi connectivity index (χ1) is 19.6. The Morgan fingerprint density at radius 3 is 2.63 bits per heavy atom. The number of carboxylic acid groups (broad SMARTS) is 1. The monoisotopic (exact) mass is 588 g/mol. The van der Waals surface area contributed by atoms with Gasteiger partial charge in [-0.2, -0.15) is 11.8 Å². The van der Waals surface area contributed by atoms with Crippen LogP contribution in [0.2, 0.25) is 0 Å². The molecule has 0 saturated carbocycles. The molecule has 4 unspecified atom stereocenters. The van der Waals surface area contributed by atoms with Crippen LogP contribution in [0, 0.1) is 0 Å². The molecule has 10 N–H and O–H groups in total. The predicted octanol–water partition coefficient (Wildman–Crippen LogP) is -0.110. The fourth-order valence-corrected chi connectivity index (χ4v) is 5.41. The molecule has 1 aromatic carbocycles. The Balaban J connectivity index is 1.71. The van der Waals surface area contributed by atoms with Gasteiger partial charge in [-0.25, -0.2) is 4.79 Å². The van der Waals surface area contributed by atoms with Crippen molar-refractivity contribution < 1.29 is 24.3 Å². The average Bonchev–Trinajstić information content (AvgIpc) is 3.59. The van der Waals surface area contributed by atoms with Gasteiger partial charge in [0.15, 0.2) is 5.96 Å². The van der Waals surface area contributed by atoms with E-state index in [2.05, 4.69) is 20.6 Å². The lowest BCUT2D eigenvalue weighted by molar-refractivity contribution is -0.145. The van der Waals surface area contributed by atoms with Crippen molar-refractivity contribution in [3.05, 3.63) is 36.0 Å². The molecule has 1 aliphatic heterocycles. The summed E-state index contributed by atoms with van der Waals surface area (Å²) in [7, 11) is 0. The number of carboxylic acids is 1. The van der Waals surface area contributed by atoms with E-state index < -0.39 is 47.9 Å². The SMILES string of the molecule is CSCCC(NC(=O)C1CCCN1C(=O)C(CCCN=C(N)N)NC(=O)C(N)Cc1c[nH]c2ccccc12)C(=O)O. The number of aliphatic imine (C=N–C) groups is 1. The van der Waals surface area contributed by atoms with Gasteiger partial charge in [-0.1, -0.05) is 18.2 Å². The largest absolute Gasteiger partial charge is 0.480 e. The fraction of sp³-hybridized carbons (Fsp3) is 0.519. The first kappa shape index (κ1) is 31.7. The molecule has 3 rings (SSSR count). The van der Waals surface area contributed by atoms with Gasteiger partial charge in [0.25, 0.3) is 0 Å². The Morgan fingerprint density at radius 1 is 1.17 bits per heavy atom. The minimum absolute atomic E-state index is 0.0802. The van der Waals surface area contributed by atoms with Crippen molar-refractivity contribution in [2.24, 2.45) is 22.2 Å². The van der Waals surface area contributed by atoms with E-state index in [-0.39, 0.29) is 31.8 Å². The molecule has 1 fully saturated rings. The molecule has 0 aliphatic carbocycles. The Bertz CT molecular complexity index is 1250. The highest BCUT2D eigenvalue weighted by Crippen LogP contribution is 2.21. The van der Waals surface area contributed by atoms with Gasteiger partial charge in [0.2, 0.25) is 17.7 Å². The van der Waals surface area contributed by atoms with Crippen LogP contribution >= 0.6 is 11.8 Å². The number of aliphatic carboxylic acids is 1. The van der Waals surface area contributed by atoms with Crippen LogP contribution in [0.15, 0.2) is 35.5 Å². The highest BCUT2D eigenvalue weighted by molar-refractivity contribution is 7.98. The summed E-state index contributed by atoms with van der Waals surface area (Å²) >= 11 is 1.48. The number of amides is 3. The van der Waals surface area contributed by atoms with E-state index in [9.17, 15) is 24.3 Å². The number of hydrogen-bond donors (Lipinski definition) is 7. The van der Waals surface area contributed by atoms with Crippen molar-refractivity contribution in [2.75, 3.05) is 25.1 Å². The van der Waals surface area contributed by atoms with Crippen LogP contribution in [0.25, 0.3) is 10.9 Å². The molecule has 1 aliphatic rings. The second-order valence-corrected chi connectivity index (χ2v) is 11.0. The number of rotatable bonds is 15. The van der Waals surface area contributed by atoms with Gasteiger partial charge in [-0.05, 0) is 62.2 Å². The van der Waals surface area contributed by atoms with Gasteiger partial charge in [-0.3, -0.25) is 19.4 Å². The highest BCUT2D eigenvalue weighted by Gasteiger charge is 2.39. The number of nitrogens with two attached hydrogens (primary N) is 3. The molecule has 2 heterocycles. The number of nitrogens with one attached hydrogen (secondary N) is 3. The molecule has 0 spiro atoms. The van der Waals surface area contributed by atoms with Gasteiger partial charge in [-0.15, -0.1) is 0 Å². The average molecular weight is 589 g/mol. The third kappa shape index (κ3) is 8.85. The highest BCUT2D eigenvalue weighted by atomic mass is 32.2. The molecule has 0 radical (unpaired) electrons. The zero-order chi connectivity index (χ0) is 29.9. The zero-order valence-electron chi connectivity index (χ0n) is 23.2. The smallest absolute Gasteiger partial charge is 0.326 e. The number of fused-ring (bicyclic) bond motifs is 1. The number of aromatic nitrogens is 1. The molecule has 1 aromatic heterocycles. The number of hydrogen-bond acceptors (Lipinski definition) is 7. The van der Waals surface area contributed by atoms with Crippen LogP contribution in [0.3, 0.4) is 0 Å². The summed E-state index contributed by atoms with van der Waals surface area (Å²) in [6.07, 6.45) is 5.76. The second kappa shape index (κ2) is 15.3. The number of aromatic amines is 1. The summed E-state index contributed by atoms with van der Waals surface area (Å²) in [6, 6.07) is 3.90. The van der Waals surface area contributed by atoms with E-state index in [0.717, 1.165) is 16.5 Å². The third-order valence-electron chi connectivity index (χ3n) is 7.08. The molecule has 3 amide bonds. The number of thioether (sulfide) groups is 1. The number of nitrogens with zero attached hydrogens (tertiary/aromatic N) is 2. The minimum atomic E-state index is -1.13. The lowest BCUT2D eigenvalue weighted by Crippen LogP contribution is -2.57. The molecule has 224 valence electrons. The number of para-hydroxylation sites is 1. The van der Waals surface area contributed by atoms with Gasteiger partial charge in [0.1, 0.15) is 18.1 Å². The standard InChI is InChI=1S/C27H40N8O5S/c1-41-13-10-21(26(39)40)34-24(37)22-9-5-12-35(22)25(38)20(8-4-11-31-27(29)30)33-23(36)18(28)14-16-15-32-19-7-3-2-6-17(16)19/h2-3,6-7,15,18,20-22,32H,4-5,8-14,28H2,1H3,(H,33,36)(H,34,37)(H,39,40)(H4,29,30,31). The normalized spacial score (nSPS) is 17.0. The molecule has 0 bridgehead atoms. The van der Waals surface area contributed by atoms with E-state index in [0.29, 0.717) is 31.6 Å². The minimum Gasteiger partial charge on any atom is -0.480 e. The summed E-state index contributed by atoms with van der Waals surface area (Å²) in [4.78, 5) is 60.1. The van der Waals surface area contributed by atoms with E-state index in [1.165, 1.54) is 16.7 Å². The maximum atomic E-state index is 13.7. The lowest BCUT2D eigenvalue weighted by Gasteiger charge is -2.30. The first-order valence-electron chi connectivity index (χ1n) is 13.6. The van der Waals surface area contributed by atoms with Crippen molar-refractivity contribution in [1.29, 1.82) is 0 Å². The fourth-order valence-electron chi connectivity index (χ4n) is 4.93. The maximum absolute atomic E-state index is 13.7. The predicted molar refractivity (Wildman–Crippen MR) is 159 cm³/mol. The van der Waals surface area contributed by atoms with Gasteiger partial charge in [0.05, 0.1) is 6.04 Å². The van der Waals surface area contributed by atoms with Crippen LogP contribution < -0.4 is 27.8 Å². The summed E-state index contributed by atoms with van der Waals surface area (Å²) in [5.74, 6) is -2.10. The molecular weight excluding hydrogens is 548 g/mol. The van der Waals surface area contributed by atoms with Gasteiger partial charge < -0.3 is 42.8 Å². The Hall–Kier alpha value is -3.78. The molecule has 13 nitrogen and oxygen atoms in total.